The van der Waals surface area contributed by atoms with Crippen LogP contribution in [0.15, 0.2) is 4.90 Å². The minimum atomic E-state index is -3.97. The highest BCUT2D eigenvalue weighted by atomic mass is 32.2. The summed E-state index contributed by atoms with van der Waals surface area (Å²) in [6.45, 7) is 8.32. The van der Waals surface area contributed by atoms with Gasteiger partial charge in [-0.2, -0.15) is 23.3 Å². The van der Waals surface area contributed by atoms with Crippen molar-refractivity contribution in [3.05, 3.63) is 28.3 Å². The number of sulfonamides is 1. The Morgan fingerprint density at radius 1 is 1.04 bits per heavy atom. The summed E-state index contributed by atoms with van der Waals surface area (Å²) in [5.41, 5.74) is 2.49. The predicted octanol–water partition coefficient (Wildman–Crippen LogP) is 2.94. The molecule has 146 valence electrons. The molecule has 0 aliphatic carbocycles. The standard InChI is InChI=1S/C16H25F2N5O2S/c1-7-21(9-14-10(3)19-22(8-2)12(14)5)26(24,25)15-11(4)20-23(13(15)6)16(17)18/h16H,7-9H2,1-6H3. The molecule has 0 bridgehead atoms. The second kappa shape index (κ2) is 7.43. The Hall–Kier alpha value is -1.81. The number of hydrogen-bond donors (Lipinski definition) is 0. The van der Waals surface area contributed by atoms with E-state index in [1.165, 1.54) is 18.2 Å². The minimum absolute atomic E-state index is 0.0614. The summed E-state index contributed by atoms with van der Waals surface area (Å²) in [6, 6.07) is 0. The lowest BCUT2D eigenvalue weighted by Crippen LogP contribution is -2.31. The van der Waals surface area contributed by atoms with Crippen molar-refractivity contribution in [2.24, 2.45) is 0 Å². The lowest BCUT2D eigenvalue weighted by molar-refractivity contribution is 0.0538. The Morgan fingerprint density at radius 2 is 1.65 bits per heavy atom. The zero-order chi connectivity index (χ0) is 19.8. The third-order valence-corrected chi connectivity index (χ3v) is 6.73. The van der Waals surface area contributed by atoms with E-state index in [9.17, 15) is 17.2 Å². The van der Waals surface area contributed by atoms with Crippen LogP contribution in [0.4, 0.5) is 8.78 Å². The zero-order valence-electron chi connectivity index (χ0n) is 15.9. The van der Waals surface area contributed by atoms with E-state index >= 15 is 0 Å². The number of hydrogen-bond acceptors (Lipinski definition) is 4. The molecule has 7 nitrogen and oxygen atoms in total. The van der Waals surface area contributed by atoms with Gasteiger partial charge in [0.05, 0.1) is 17.1 Å². The summed E-state index contributed by atoms with van der Waals surface area (Å²) in [5, 5.41) is 8.11. The molecule has 0 aromatic carbocycles. The molecule has 0 amide bonds. The Bertz CT molecular complexity index is 902. The first-order valence-electron chi connectivity index (χ1n) is 8.43. The second-order valence-corrected chi connectivity index (χ2v) is 7.99. The third kappa shape index (κ3) is 3.39. The van der Waals surface area contributed by atoms with Crippen LogP contribution in [0.1, 0.15) is 48.7 Å². The van der Waals surface area contributed by atoms with Gasteiger partial charge in [0, 0.05) is 30.9 Å². The van der Waals surface area contributed by atoms with Gasteiger partial charge in [0.15, 0.2) is 0 Å². The number of rotatable bonds is 7. The van der Waals surface area contributed by atoms with Crippen molar-refractivity contribution in [3.63, 3.8) is 0 Å². The van der Waals surface area contributed by atoms with Crippen LogP contribution < -0.4 is 0 Å². The topological polar surface area (TPSA) is 73.0 Å². The van der Waals surface area contributed by atoms with Gasteiger partial charge in [0.2, 0.25) is 10.0 Å². The minimum Gasteiger partial charge on any atom is -0.270 e. The molecule has 0 aliphatic rings. The second-order valence-electron chi connectivity index (χ2n) is 6.12. The number of halogens is 2. The Kier molecular flexibility index (Phi) is 5.86. The molecule has 0 atom stereocenters. The molecule has 2 heterocycles. The normalized spacial score (nSPS) is 12.5. The summed E-state index contributed by atoms with van der Waals surface area (Å²) in [7, 11) is -3.97. The van der Waals surface area contributed by atoms with Crippen LogP contribution in [0.25, 0.3) is 0 Å². The van der Waals surface area contributed by atoms with Crippen molar-refractivity contribution < 1.29 is 17.2 Å². The van der Waals surface area contributed by atoms with Crippen molar-refractivity contribution in [3.8, 4) is 0 Å². The van der Waals surface area contributed by atoms with E-state index in [4.69, 9.17) is 0 Å². The number of aromatic nitrogens is 4. The van der Waals surface area contributed by atoms with Crippen LogP contribution in [0.2, 0.25) is 0 Å². The number of aryl methyl sites for hydroxylation is 3. The lowest BCUT2D eigenvalue weighted by atomic mass is 10.2. The Balaban J connectivity index is 2.49. The van der Waals surface area contributed by atoms with Gasteiger partial charge in [-0.1, -0.05) is 6.92 Å². The van der Waals surface area contributed by atoms with E-state index in [2.05, 4.69) is 10.2 Å². The summed E-state index contributed by atoms with van der Waals surface area (Å²) in [6.07, 6.45) is 0. The van der Waals surface area contributed by atoms with Gasteiger partial charge < -0.3 is 0 Å². The van der Waals surface area contributed by atoms with E-state index in [1.54, 1.807) is 6.92 Å². The van der Waals surface area contributed by atoms with Crippen molar-refractivity contribution in [2.45, 2.75) is 66.1 Å². The average molecular weight is 389 g/mol. The van der Waals surface area contributed by atoms with Crippen LogP contribution in [0, 0.1) is 27.7 Å². The van der Waals surface area contributed by atoms with Crippen molar-refractivity contribution in [2.75, 3.05) is 6.54 Å². The van der Waals surface area contributed by atoms with Gasteiger partial charge in [-0.3, -0.25) is 4.68 Å². The predicted molar refractivity (Wildman–Crippen MR) is 93.6 cm³/mol. The van der Waals surface area contributed by atoms with Crippen LogP contribution >= 0.6 is 0 Å². The summed E-state index contributed by atoms with van der Waals surface area (Å²) in [5.74, 6) is 0. The molecule has 0 spiro atoms. The van der Waals surface area contributed by atoms with Gasteiger partial charge in [0.1, 0.15) is 4.90 Å². The van der Waals surface area contributed by atoms with Crippen LogP contribution in [0.5, 0.6) is 0 Å². The first kappa shape index (κ1) is 20.5. The molecule has 26 heavy (non-hydrogen) atoms. The maximum Gasteiger partial charge on any atom is 0.333 e. The molecule has 0 N–H and O–H groups in total. The largest absolute Gasteiger partial charge is 0.333 e. The lowest BCUT2D eigenvalue weighted by Gasteiger charge is -2.21. The third-order valence-electron chi connectivity index (χ3n) is 4.56. The van der Waals surface area contributed by atoms with Gasteiger partial charge in [-0.15, -0.1) is 0 Å². The van der Waals surface area contributed by atoms with Gasteiger partial charge in [0.25, 0.3) is 0 Å². The van der Waals surface area contributed by atoms with E-state index in [0.29, 0.717) is 11.2 Å². The highest BCUT2D eigenvalue weighted by Crippen LogP contribution is 2.28. The fraction of sp³-hybridized carbons (Fsp3) is 0.625. The van der Waals surface area contributed by atoms with Crippen LogP contribution in [-0.2, 0) is 23.1 Å². The SMILES string of the molecule is CCN(Cc1c(C)nn(CC)c1C)S(=O)(=O)c1c(C)nn(C(F)F)c1C. The molecular formula is C16H25F2N5O2S. The molecule has 0 saturated heterocycles. The number of nitrogens with zero attached hydrogens (tertiary/aromatic N) is 5. The summed E-state index contributed by atoms with van der Waals surface area (Å²) in [4.78, 5) is -0.155. The van der Waals surface area contributed by atoms with Crippen molar-refractivity contribution in [1.82, 2.24) is 23.9 Å². The van der Waals surface area contributed by atoms with Crippen LogP contribution in [0.3, 0.4) is 0 Å². The first-order chi connectivity index (χ1) is 12.1. The van der Waals surface area contributed by atoms with Gasteiger partial charge >= 0.3 is 6.55 Å². The van der Waals surface area contributed by atoms with E-state index in [1.807, 2.05) is 25.5 Å². The quantitative estimate of drug-likeness (QED) is 0.730. The van der Waals surface area contributed by atoms with Gasteiger partial charge in [-0.05, 0) is 34.6 Å². The maximum absolute atomic E-state index is 13.1. The molecule has 0 fully saturated rings. The van der Waals surface area contributed by atoms with E-state index in [-0.39, 0.29) is 29.4 Å². The molecule has 2 aromatic heterocycles. The first-order valence-corrected chi connectivity index (χ1v) is 9.87. The van der Waals surface area contributed by atoms with E-state index in [0.717, 1.165) is 17.0 Å². The molecule has 0 unspecified atom stereocenters. The van der Waals surface area contributed by atoms with Crippen molar-refractivity contribution in [1.29, 1.82) is 0 Å². The average Bonchev–Trinajstić information content (AvgIpc) is 3.01. The highest BCUT2D eigenvalue weighted by Gasteiger charge is 2.32. The molecule has 0 saturated carbocycles. The summed E-state index contributed by atoms with van der Waals surface area (Å²) >= 11 is 0. The zero-order valence-corrected chi connectivity index (χ0v) is 16.7. The Labute approximate surface area is 152 Å². The van der Waals surface area contributed by atoms with Crippen molar-refractivity contribution >= 4 is 10.0 Å². The monoisotopic (exact) mass is 389 g/mol. The smallest absolute Gasteiger partial charge is 0.270 e. The highest BCUT2D eigenvalue weighted by molar-refractivity contribution is 7.89. The molecular weight excluding hydrogens is 364 g/mol. The fourth-order valence-electron chi connectivity index (χ4n) is 3.15. The Morgan fingerprint density at radius 3 is 2.08 bits per heavy atom. The molecule has 0 aliphatic heterocycles. The maximum atomic E-state index is 13.1. The molecule has 10 heteroatoms. The fourth-order valence-corrected chi connectivity index (χ4v) is 4.93. The molecule has 2 rings (SSSR count). The van der Waals surface area contributed by atoms with E-state index < -0.39 is 16.6 Å². The number of alkyl halides is 2. The molecule has 0 radical (unpaired) electrons. The molecule has 2 aromatic rings. The van der Waals surface area contributed by atoms with Crippen LogP contribution in [-0.4, -0.2) is 38.8 Å². The van der Waals surface area contributed by atoms with Gasteiger partial charge in [-0.25, -0.2) is 13.1 Å². The summed E-state index contributed by atoms with van der Waals surface area (Å²) < 4.78 is 56.0.